The molecule has 0 fully saturated rings. The number of hydrogen-bond donors (Lipinski definition) is 2. The van der Waals surface area contributed by atoms with E-state index in [1.807, 2.05) is 56.5 Å². The van der Waals surface area contributed by atoms with Crippen LogP contribution in [0.3, 0.4) is 0 Å². The molecule has 0 saturated carbocycles. The van der Waals surface area contributed by atoms with E-state index in [0.717, 1.165) is 18.4 Å². The van der Waals surface area contributed by atoms with E-state index in [4.69, 9.17) is 5.73 Å². The number of unbranched alkanes of at least 4 members (excludes halogenated alkanes) is 1. The molecule has 0 aliphatic rings. The van der Waals surface area contributed by atoms with Gasteiger partial charge in [0.1, 0.15) is 5.82 Å². The van der Waals surface area contributed by atoms with Gasteiger partial charge in [-0.3, -0.25) is 28.9 Å². The van der Waals surface area contributed by atoms with Crippen LogP contribution in [0.1, 0.15) is 49.6 Å². The molecule has 35 heavy (non-hydrogen) atoms. The molecule has 3 rings (SSSR count). The Labute approximate surface area is 210 Å². The summed E-state index contributed by atoms with van der Waals surface area (Å²) in [7, 11) is 0. The van der Waals surface area contributed by atoms with Crippen molar-refractivity contribution < 1.29 is 4.79 Å². The van der Waals surface area contributed by atoms with E-state index >= 15 is 0 Å². The molecule has 0 bridgehead atoms. The predicted molar refractivity (Wildman–Crippen MR) is 143 cm³/mol. The minimum Gasteiger partial charge on any atom is -0.383 e. The van der Waals surface area contributed by atoms with Crippen molar-refractivity contribution in [2.24, 2.45) is 0 Å². The zero-order valence-corrected chi connectivity index (χ0v) is 21.7. The molecule has 0 saturated heterocycles. The fraction of sp³-hybridized carbons (Fsp3) is 0.423. The molecule has 0 aliphatic carbocycles. The van der Waals surface area contributed by atoms with Crippen LogP contribution in [0.4, 0.5) is 11.5 Å². The number of nitrogens with zero attached hydrogens (tertiary/aromatic N) is 3. The van der Waals surface area contributed by atoms with Crippen LogP contribution in [0.25, 0.3) is 0 Å². The van der Waals surface area contributed by atoms with Crippen LogP contribution in [0.2, 0.25) is 0 Å². The number of thiophene rings is 1. The molecule has 0 spiro atoms. The zero-order chi connectivity index (χ0) is 25.5. The first-order valence-electron chi connectivity index (χ1n) is 12.0. The van der Waals surface area contributed by atoms with Gasteiger partial charge >= 0.3 is 5.69 Å². The SMILES string of the molecule is CCCCn1c(N)c(N(Cc2ccccc2)C(=O)CN(Cc2sccc2C)C(C)C)c(=O)[nH]c1=O. The number of aromatic amines is 1. The van der Waals surface area contributed by atoms with Gasteiger partial charge in [0.25, 0.3) is 5.56 Å². The maximum Gasteiger partial charge on any atom is 0.330 e. The van der Waals surface area contributed by atoms with Crippen molar-refractivity contribution in [1.82, 2.24) is 14.5 Å². The number of carbonyl (C=O) groups is 1. The van der Waals surface area contributed by atoms with Gasteiger partial charge in [0.05, 0.1) is 13.1 Å². The van der Waals surface area contributed by atoms with Gasteiger partial charge in [-0.2, -0.15) is 0 Å². The lowest BCUT2D eigenvalue weighted by Gasteiger charge is -2.30. The summed E-state index contributed by atoms with van der Waals surface area (Å²) in [6.07, 6.45) is 1.59. The van der Waals surface area contributed by atoms with Crippen molar-refractivity contribution in [1.29, 1.82) is 0 Å². The molecular formula is C26H35N5O3S. The summed E-state index contributed by atoms with van der Waals surface area (Å²) in [6, 6.07) is 11.6. The molecule has 2 aromatic heterocycles. The predicted octanol–water partition coefficient (Wildman–Crippen LogP) is 3.73. The van der Waals surface area contributed by atoms with Crippen molar-refractivity contribution in [3.8, 4) is 0 Å². The minimum atomic E-state index is -0.658. The van der Waals surface area contributed by atoms with Crippen molar-refractivity contribution in [3.05, 3.63) is 78.6 Å². The number of benzene rings is 1. The molecule has 0 radical (unpaired) electrons. The van der Waals surface area contributed by atoms with E-state index in [0.29, 0.717) is 13.1 Å². The van der Waals surface area contributed by atoms with Gasteiger partial charge in [0.15, 0.2) is 5.69 Å². The molecule has 2 heterocycles. The van der Waals surface area contributed by atoms with Crippen molar-refractivity contribution in [3.63, 3.8) is 0 Å². The summed E-state index contributed by atoms with van der Waals surface area (Å²) in [6.45, 7) is 9.44. The molecule has 1 amide bonds. The Hall–Kier alpha value is -3.17. The Kier molecular flexibility index (Phi) is 9.06. The van der Waals surface area contributed by atoms with Crippen LogP contribution in [-0.4, -0.2) is 32.9 Å². The Bertz CT molecular complexity index is 1250. The fourth-order valence-electron chi connectivity index (χ4n) is 3.87. The smallest absolute Gasteiger partial charge is 0.330 e. The largest absolute Gasteiger partial charge is 0.383 e. The highest BCUT2D eigenvalue weighted by Gasteiger charge is 2.27. The van der Waals surface area contributed by atoms with Crippen LogP contribution in [0.5, 0.6) is 0 Å². The fourth-order valence-corrected chi connectivity index (χ4v) is 4.80. The summed E-state index contributed by atoms with van der Waals surface area (Å²) in [5.41, 5.74) is 7.23. The first-order valence-corrected chi connectivity index (χ1v) is 12.8. The minimum absolute atomic E-state index is 0.0154. The van der Waals surface area contributed by atoms with Gasteiger partial charge in [0, 0.05) is 24.0 Å². The summed E-state index contributed by atoms with van der Waals surface area (Å²) >= 11 is 1.67. The third kappa shape index (κ3) is 6.49. The maximum absolute atomic E-state index is 13.8. The number of nitrogens with one attached hydrogen (secondary N) is 1. The third-order valence-corrected chi connectivity index (χ3v) is 7.10. The number of hydrogen-bond acceptors (Lipinski definition) is 6. The summed E-state index contributed by atoms with van der Waals surface area (Å²) in [4.78, 5) is 46.3. The molecule has 188 valence electrons. The molecular weight excluding hydrogens is 462 g/mol. The molecule has 1 aromatic carbocycles. The number of carbonyl (C=O) groups excluding carboxylic acids is 1. The third-order valence-electron chi connectivity index (χ3n) is 6.09. The molecule has 3 aromatic rings. The molecule has 8 nitrogen and oxygen atoms in total. The molecule has 0 unspecified atom stereocenters. The Morgan fingerprint density at radius 1 is 1.14 bits per heavy atom. The number of anilines is 2. The average Bonchev–Trinajstić information content (AvgIpc) is 3.22. The summed E-state index contributed by atoms with van der Waals surface area (Å²) in [5, 5.41) is 2.05. The van der Waals surface area contributed by atoms with E-state index in [1.165, 1.54) is 19.9 Å². The van der Waals surface area contributed by atoms with Crippen molar-refractivity contribution in [2.75, 3.05) is 17.2 Å². The number of nitrogens with two attached hydrogens (primary N) is 1. The van der Waals surface area contributed by atoms with Crippen LogP contribution >= 0.6 is 11.3 Å². The van der Waals surface area contributed by atoms with Crippen LogP contribution in [0, 0.1) is 6.92 Å². The second-order valence-corrected chi connectivity index (χ2v) is 9.99. The van der Waals surface area contributed by atoms with E-state index in [9.17, 15) is 14.4 Å². The van der Waals surface area contributed by atoms with E-state index in [-0.39, 0.29) is 36.5 Å². The monoisotopic (exact) mass is 497 g/mol. The van der Waals surface area contributed by atoms with Gasteiger partial charge in [0.2, 0.25) is 5.91 Å². The number of aromatic nitrogens is 2. The highest BCUT2D eigenvalue weighted by molar-refractivity contribution is 7.10. The van der Waals surface area contributed by atoms with Crippen LogP contribution in [0.15, 0.2) is 51.4 Å². The van der Waals surface area contributed by atoms with Crippen molar-refractivity contribution >= 4 is 28.7 Å². The maximum atomic E-state index is 13.8. The normalized spacial score (nSPS) is 11.4. The average molecular weight is 498 g/mol. The van der Waals surface area contributed by atoms with E-state index < -0.39 is 11.2 Å². The van der Waals surface area contributed by atoms with E-state index in [1.54, 1.807) is 11.3 Å². The highest BCUT2D eigenvalue weighted by Crippen LogP contribution is 2.23. The standard InChI is InChI=1S/C26H35N5O3S/c1-5-6-13-30-24(27)23(25(33)28-26(30)34)31(15-20-10-8-7-9-11-20)22(32)17-29(18(2)3)16-21-19(4)12-14-35-21/h7-12,14,18H,5-6,13,15-17,27H2,1-4H3,(H,28,33,34). The van der Waals surface area contributed by atoms with Gasteiger partial charge in [-0.15, -0.1) is 11.3 Å². The Morgan fingerprint density at radius 2 is 1.86 bits per heavy atom. The molecule has 0 aliphatic heterocycles. The van der Waals surface area contributed by atoms with Crippen LogP contribution in [-0.2, 0) is 24.4 Å². The first-order chi connectivity index (χ1) is 16.7. The quantitative estimate of drug-likeness (QED) is 0.420. The zero-order valence-electron chi connectivity index (χ0n) is 20.9. The lowest BCUT2D eigenvalue weighted by atomic mass is 10.2. The second-order valence-electron chi connectivity index (χ2n) is 8.99. The van der Waals surface area contributed by atoms with Gasteiger partial charge < -0.3 is 5.73 Å². The molecule has 3 N–H and O–H groups in total. The van der Waals surface area contributed by atoms with E-state index in [2.05, 4.69) is 22.9 Å². The first kappa shape index (κ1) is 26.4. The second kappa shape index (κ2) is 12.0. The lowest BCUT2D eigenvalue weighted by molar-refractivity contribution is -0.120. The van der Waals surface area contributed by atoms with Gasteiger partial charge in [-0.05, 0) is 49.8 Å². The van der Waals surface area contributed by atoms with Crippen molar-refractivity contribution in [2.45, 2.75) is 66.2 Å². The number of rotatable bonds is 11. The Balaban J connectivity index is 2.01. The molecule has 0 atom stereocenters. The highest BCUT2D eigenvalue weighted by atomic mass is 32.1. The van der Waals surface area contributed by atoms with Crippen LogP contribution < -0.4 is 21.9 Å². The molecule has 9 heteroatoms. The lowest BCUT2D eigenvalue weighted by Crippen LogP contribution is -2.46. The van der Waals surface area contributed by atoms with Gasteiger partial charge in [-0.25, -0.2) is 4.79 Å². The topological polar surface area (TPSA) is 104 Å². The number of H-pyrrole nitrogens is 1. The number of nitrogen functional groups attached to an aromatic ring is 1. The summed E-state index contributed by atoms with van der Waals surface area (Å²) < 4.78 is 1.35. The number of aryl methyl sites for hydroxylation is 1. The van der Waals surface area contributed by atoms with Gasteiger partial charge in [-0.1, -0.05) is 43.7 Å². The Morgan fingerprint density at radius 3 is 2.46 bits per heavy atom. The summed E-state index contributed by atoms with van der Waals surface area (Å²) in [5.74, 6) is -0.240. The number of amides is 1.